The van der Waals surface area contributed by atoms with Gasteiger partial charge < -0.3 is 9.72 Å². The van der Waals surface area contributed by atoms with Crippen LogP contribution in [0.5, 0.6) is 5.75 Å². The van der Waals surface area contributed by atoms with Gasteiger partial charge in [0.25, 0.3) is 0 Å². The number of imidazole rings is 1. The Labute approximate surface area is 193 Å². The van der Waals surface area contributed by atoms with Crippen molar-refractivity contribution in [2.24, 2.45) is 7.05 Å². The summed E-state index contributed by atoms with van der Waals surface area (Å²) in [6, 6.07) is 11.2. The maximum Gasteiger partial charge on any atom is 0.573 e. The quantitative estimate of drug-likeness (QED) is 0.347. The van der Waals surface area contributed by atoms with Gasteiger partial charge in [-0.15, -0.1) is 13.2 Å². The van der Waals surface area contributed by atoms with Crippen LogP contribution in [0.15, 0.2) is 48.5 Å². The number of hydrogen-bond acceptors (Lipinski definition) is 3. The van der Waals surface area contributed by atoms with E-state index in [0.717, 1.165) is 10.7 Å². The topological polar surface area (TPSA) is 55.7 Å². The van der Waals surface area contributed by atoms with Crippen LogP contribution in [-0.4, -0.2) is 55.7 Å². The Hall–Kier alpha value is -2.50. The fraction of sp³-hybridized carbons (Fsp3) is 0.158. The molecule has 5 nitrogen and oxygen atoms in total. The van der Waals surface area contributed by atoms with E-state index >= 15 is 0 Å². The molecule has 0 aliphatic rings. The number of fused-ring (bicyclic) bond motifs is 1. The maximum atomic E-state index is 12.9. The van der Waals surface area contributed by atoms with Crippen molar-refractivity contribution in [2.75, 3.05) is 0 Å². The summed E-state index contributed by atoms with van der Waals surface area (Å²) in [5, 5.41) is 3.45. The zero-order valence-corrected chi connectivity index (χ0v) is 18.1. The molecule has 0 amide bonds. The van der Waals surface area contributed by atoms with E-state index in [9.17, 15) is 26.3 Å². The van der Waals surface area contributed by atoms with Gasteiger partial charge in [-0.1, -0.05) is 24.3 Å². The van der Waals surface area contributed by atoms with E-state index in [4.69, 9.17) is 0 Å². The number of hydrogen-bond donors (Lipinski definition) is 1. The number of H-pyrrole nitrogens is 1. The van der Waals surface area contributed by atoms with Crippen LogP contribution in [0.4, 0.5) is 26.3 Å². The van der Waals surface area contributed by atoms with Crippen LogP contribution in [0.1, 0.15) is 5.69 Å². The number of benzene rings is 2. The molecule has 0 fully saturated rings. The largest absolute Gasteiger partial charge is 0.573 e. The molecule has 12 heteroatoms. The molecule has 0 saturated carbocycles. The summed E-state index contributed by atoms with van der Waals surface area (Å²) < 4.78 is 81.9. The monoisotopic (exact) mass is 449 g/mol. The number of alkyl halides is 6. The first-order chi connectivity index (χ1) is 14.0. The predicted octanol–water partition coefficient (Wildman–Crippen LogP) is 5.17. The summed E-state index contributed by atoms with van der Waals surface area (Å²) in [5.74, 6) is -0.224. The summed E-state index contributed by atoms with van der Waals surface area (Å²) in [5.41, 5.74) is 0.531. The normalized spacial score (nSPS) is 12.1. The van der Waals surface area contributed by atoms with Crippen LogP contribution < -0.4 is 4.74 Å². The van der Waals surface area contributed by atoms with Gasteiger partial charge in [-0.25, -0.2) is 4.98 Å². The Morgan fingerprint density at radius 3 is 2.32 bits per heavy atom. The van der Waals surface area contributed by atoms with Crippen LogP contribution in [0.25, 0.3) is 33.7 Å². The third-order valence-corrected chi connectivity index (χ3v) is 4.32. The third kappa shape index (κ3) is 4.89. The Morgan fingerprint density at radius 2 is 1.68 bits per heavy atom. The SMILES string of the molecule is Cn1nc(C(F)(F)F)cc1-c1nc2ccc(-c3ccccc3OC(F)(F)F)cc2[nH]1.[Na]. The van der Waals surface area contributed by atoms with E-state index in [1.807, 2.05) is 0 Å². The molecular formula is C19H12F6N4NaO. The number of nitrogens with zero attached hydrogens (tertiary/aromatic N) is 3. The first kappa shape index (κ1) is 23.2. The van der Waals surface area contributed by atoms with Crippen molar-refractivity contribution in [3.8, 4) is 28.4 Å². The van der Waals surface area contributed by atoms with Crippen LogP contribution in [0.2, 0.25) is 0 Å². The Morgan fingerprint density at radius 1 is 0.968 bits per heavy atom. The second-order valence-corrected chi connectivity index (χ2v) is 6.40. The van der Waals surface area contributed by atoms with Crippen molar-refractivity contribution >= 4 is 40.6 Å². The molecule has 1 N–H and O–H groups in total. The van der Waals surface area contributed by atoms with Gasteiger partial charge in [-0.2, -0.15) is 18.3 Å². The number of aromatic amines is 1. The van der Waals surface area contributed by atoms with Gasteiger partial charge in [0, 0.05) is 42.2 Å². The second kappa shape index (κ2) is 8.21. The van der Waals surface area contributed by atoms with E-state index in [2.05, 4.69) is 19.8 Å². The van der Waals surface area contributed by atoms with Crippen molar-refractivity contribution in [1.82, 2.24) is 19.7 Å². The molecule has 0 aliphatic carbocycles. The van der Waals surface area contributed by atoms with Crippen LogP contribution >= 0.6 is 0 Å². The molecule has 4 aromatic rings. The molecular weight excluding hydrogens is 437 g/mol. The molecule has 0 spiro atoms. The number of nitrogens with one attached hydrogen (secondary N) is 1. The van der Waals surface area contributed by atoms with Gasteiger partial charge in [-0.05, 0) is 29.8 Å². The fourth-order valence-corrected chi connectivity index (χ4v) is 3.04. The second-order valence-electron chi connectivity index (χ2n) is 6.40. The molecule has 2 aromatic carbocycles. The molecule has 0 atom stereocenters. The average Bonchev–Trinajstić information content (AvgIpc) is 3.23. The molecule has 0 unspecified atom stereocenters. The molecule has 0 bridgehead atoms. The molecule has 0 saturated heterocycles. The fourth-order valence-electron chi connectivity index (χ4n) is 3.04. The van der Waals surface area contributed by atoms with E-state index < -0.39 is 18.2 Å². The van der Waals surface area contributed by atoms with Crippen LogP contribution in [0.3, 0.4) is 0 Å². The predicted molar refractivity (Wildman–Crippen MR) is 101 cm³/mol. The molecule has 2 heterocycles. The summed E-state index contributed by atoms with van der Waals surface area (Å²) in [7, 11) is 1.36. The minimum absolute atomic E-state index is 0. The first-order valence-electron chi connectivity index (χ1n) is 8.48. The van der Waals surface area contributed by atoms with E-state index in [0.29, 0.717) is 16.6 Å². The van der Waals surface area contributed by atoms with Gasteiger partial charge in [0.05, 0.1) is 11.0 Å². The zero-order chi connectivity index (χ0) is 21.7. The van der Waals surface area contributed by atoms with Gasteiger partial charge in [0.1, 0.15) is 11.4 Å². The smallest absolute Gasteiger partial charge is 0.405 e. The first-order valence-corrected chi connectivity index (χ1v) is 8.48. The molecule has 1 radical (unpaired) electrons. The number of halogens is 6. The Bertz CT molecular complexity index is 1230. The molecule has 0 aliphatic heterocycles. The minimum atomic E-state index is -4.85. The van der Waals surface area contributed by atoms with Crippen molar-refractivity contribution in [1.29, 1.82) is 0 Å². The van der Waals surface area contributed by atoms with E-state index in [1.165, 1.54) is 25.2 Å². The van der Waals surface area contributed by atoms with Gasteiger partial charge in [-0.3, -0.25) is 4.68 Å². The van der Waals surface area contributed by atoms with Crippen molar-refractivity contribution in [3.05, 3.63) is 54.2 Å². The number of aromatic nitrogens is 4. The van der Waals surface area contributed by atoms with E-state index in [-0.39, 0.29) is 52.4 Å². The summed E-state index contributed by atoms with van der Waals surface area (Å²) >= 11 is 0. The number of rotatable bonds is 3. The number of aryl methyl sites for hydroxylation is 1. The minimum Gasteiger partial charge on any atom is -0.405 e. The van der Waals surface area contributed by atoms with Gasteiger partial charge in [0.15, 0.2) is 11.5 Å². The van der Waals surface area contributed by atoms with Gasteiger partial charge in [0.2, 0.25) is 0 Å². The van der Waals surface area contributed by atoms with E-state index in [1.54, 1.807) is 24.3 Å². The third-order valence-electron chi connectivity index (χ3n) is 4.32. The molecule has 157 valence electrons. The summed E-state index contributed by atoms with van der Waals surface area (Å²) in [4.78, 5) is 7.15. The van der Waals surface area contributed by atoms with Crippen molar-refractivity contribution < 1.29 is 31.1 Å². The maximum absolute atomic E-state index is 12.9. The van der Waals surface area contributed by atoms with Crippen molar-refractivity contribution in [3.63, 3.8) is 0 Å². The summed E-state index contributed by atoms with van der Waals surface area (Å²) in [6.45, 7) is 0. The average molecular weight is 449 g/mol. The number of para-hydroxylation sites is 1. The Balaban J connectivity index is 0.00000272. The molecule has 2 aromatic heterocycles. The Kier molecular flexibility index (Phi) is 6.14. The van der Waals surface area contributed by atoms with Gasteiger partial charge >= 0.3 is 12.5 Å². The standard InChI is InChI=1S/C19H12F6N4O.Na/c1-29-14(9-16(28-29)18(20,21)22)17-26-12-7-6-10(8-13(12)27-17)11-4-2-3-5-15(11)30-19(23,24)25;/h2-9H,1H3,(H,26,27);. The molecule has 31 heavy (non-hydrogen) atoms. The van der Waals surface area contributed by atoms with Crippen LogP contribution in [-0.2, 0) is 13.2 Å². The zero-order valence-electron chi connectivity index (χ0n) is 16.1. The summed E-state index contributed by atoms with van der Waals surface area (Å²) in [6.07, 6.45) is -9.45. The molecule has 4 rings (SSSR count). The van der Waals surface area contributed by atoms with Crippen molar-refractivity contribution in [2.45, 2.75) is 12.5 Å². The van der Waals surface area contributed by atoms with Crippen LogP contribution in [0, 0.1) is 0 Å². The number of ether oxygens (including phenoxy) is 1.